The molecule has 5 nitrogen and oxygen atoms in total. The van der Waals surface area contributed by atoms with Crippen molar-refractivity contribution in [3.8, 4) is 0 Å². The van der Waals surface area contributed by atoms with Crippen molar-refractivity contribution >= 4 is 11.0 Å². The summed E-state index contributed by atoms with van der Waals surface area (Å²) in [5.74, 6) is 3.01. The second kappa shape index (κ2) is 5.07. The Morgan fingerprint density at radius 3 is 2.60 bits per heavy atom. The van der Waals surface area contributed by atoms with E-state index >= 15 is 0 Å². The van der Waals surface area contributed by atoms with Gasteiger partial charge in [0.25, 0.3) is 0 Å². The van der Waals surface area contributed by atoms with Gasteiger partial charge in [0, 0.05) is 13.5 Å². The molecule has 20 heavy (non-hydrogen) atoms. The van der Waals surface area contributed by atoms with Crippen molar-refractivity contribution in [2.24, 2.45) is 7.05 Å². The molecular weight excluding hydrogens is 250 g/mol. The van der Waals surface area contributed by atoms with Gasteiger partial charge in [0.15, 0.2) is 5.82 Å². The number of aryl methyl sites for hydroxylation is 2. The highest BCUT2D eigenvalue weighted by molar-refractivity contribution is 5.76. The summed E-state index contributed by atoms with van der Waals surface area (Å²) in [7, 11) is 2.00. The van der Waals surface area contributed by atoms with Crippen LogP contribution in [0.5, 0.6) is 0 Å². The third-order valence-corrected chi connectivity index (χ3v) is 3.69. The summed E-state index contributed by atoms with van der Waals surface area (Å²) in [6, 6.07) is 8.26. The fraction of sp³-hybridized carbons (Fsp3) is 0.400. The van der Waals surface area contributed by atoms with Crippen LogP contribution in [0, 0.1) is 6.92 Å². The maximum Gasteiger partial charge on any atom is 0.152 e. The number of benzene rings is 1. The molecule has 0 saturated heterocycles. The minimum absolute atomic E-state index is 0.715. The van der Waals surface area contributed by atoms with Crippen LogP contribution in [0.15, 0.2) is 24.3 Å². The van der Waals surface area contributed by atoms with Crippen LogP contribution >= 0.6 is 0 Å². The second-order valence-corrected chi connectivity index (χ2v) is 5.08. The fourth-order valence-electron chi connectivity index (χ4n) is 2.45. The van der Waals surface area contributed by atoms with E-state index in [1.165, 1.54) is 0 Å². The Hall–Kier alpha value is -2.17. The molecule has 3 rings (SSSR count). The molecule has 0 unspecified atom stereocenters. The highest BCUT2D eigenvalue weighted by Crippen LogP contribution is 2.18. The molecule has 0 saturated carbocycles. The third-order valence-electron chi connectivity index (χ3n) is 3.69. The van der Waals surface area contributed by atoms with Crippen LogP contribution in [0.3, 0.4) is 0 Å². The van der Waals surface area contributed by atoms with Crippen molar-refractivity contribution in [1.29, 1.82) is 0 Å². The summed E-state index contributed by atoms with van der Waals surface area (Å²) in [5, 5.41) is 8.39. The number of fused-ring (bicyclic) bond motifs is 1. The van der Waals surface area contributed by atoms with Gasteiger partial charge in [-0.3, -0.25) is 0 Å². The van der Waals surface area contributed by atoms with E-state index in [1.54, 1.807) is 0 Å². The van der Waals surface area contributed by atoms with Crippen LogP contribution in [0.25, 0.3) is 11.0 Å². The van der Waals surface area contributed by atoms with Gasteiger partial charge in [-0.2, -0.15) is 0 Å². The first-order valence-electron chi connectivity index (χ1n) is 6.99. The summed E-state index contributed by atoms with van der Waals surface area (Å²) in [5.41, 5.74) is 2.21. The van der Waals surface area contributed by atoms with Crippen molar-refractivity contribution in [1.82, 2.24) is 24.3 Å². The zero-order valence-corrected chi connectivity index (χ0v) is 12.2. The molecule has 2 heterocycles. The molecule has 3 aromatic rings. The van der Waals surface area contributed by atoms with Crippen LogP contribution in [-0.2, 0) is 20.0 Å². The number of hydrogen-bond acceptors (Lipinski definition) is 3. The molecule has 5 heteroatoms. The molecule has 1 aromatic carbocycles. The number of para-hydroxylation sites is 2. The lowest BCUT2D eigenvalue weighted by Crippen LogP contribution is -2.10. The smallest absolute Gasteiger partial charge is 0.152 e. The molecule has 0 bridgehead atoms. The van der Waals surface area contributed by atoms with E-state index in [9.17, 15) is 0 Å². The molecule has 0 aliphatic heterocycles. The van der Waals surface area contributed by atoms with Crippen molar-refractivity contribution in [3.63, 3.8) is 0 Å². The molecule has 2 aromatic heterocycles. The van der Waals surface area contributed by atoms with Gasteiger partial charge in [0.1, 0.15) is 11.6 Å². The molecule has 104 valence electrons. The van der Waals surface area contributed by atoms with E-state index in [-0.39, 0.29) is 0 Å². The van der Waals surface area contributed by atoms with Crippen LogP contribution in [0.1, 0.15) is 30.8 Å². The number of imidazole rings is 1. The predicted octanol–water partition coefficient (Wildman–Crippen LogP) is 2.47. The number of aromatic nitrogens is 5. The van der Waals surface area contributed by atoms with Gasteiger partial charge >= 0.3 is 0 Å². The van der Waals surface area contributed by atoms with Gasteiger partial charge in [-0.05, 0) is 25.5 Å². The average Bonchev–Trinajstić information content (AvgIpc) is 2.95. The number of rotatable bonds is 4. The van der Waals surface area contributed by atoms with Crippen molar-refractivity contribution in [2.75, 3.05) is 0 Å². The van der Waals surface area contributed by atoms with Crippen LogP contribution in [0.2, 0.25) is 0 Å². The number of hydrogen-bond donors (Lipinski definition) is 0. The standard InChI is InChI=1S/C15H19N5/c1-4-7-14-16-12-8-5-6-9-13(12)20(14)10-15-18-17-11(2)19(15)3/h5-6,8-9H,4,7,10H2,1-3H3. The fourth-order valence-corrected chi connectivity index (χ4v) is 2.45. The highest BCUT2D eigenvalue weighted by Gasteiger charge is 2.13. The normalized spacial score (nSPS) is 11.3. The van der Waals surface area contributed by atoms with E-state index in [0.717, 1.165) is 41.3 Å². The summed E-state index contributed by atoms with van der Waals surface area (Å²) in [6.45, 7) is 4.86. The average molecular weight is 269 g/mol. The quantitative estimate of drug-likeness (QED) is 0.731. The molecular formula is C15H19N5. The highest BCUT2D eigenvalue weighted by atomic mass is 15.3. The zero-order chi connectivity index (χ0) is 14.1. The van der Waals surface area contributed by atoms with Gasteiger partial charge < -0.3 is 9.13 Å². The van der Waals surface area contributed by atoms with Crippen molar-refractivity contribution < 1.29 is 0 Å². The maximum atomic E-state index is 4.74. The molecule has 0 aliphatic carbocycles. The Kier molecular flexibility index (Phi) is 3.26. The first kappa shape index (κ1) is 12.8. The van der Waals surface area contributed by atoms with Gasteiger partial charge in [-0.15, -0.1) is 10.2 Å². The maximum absolute atomic E-state index is 4.74. The Bertz CT molecular complexity index is 738. The Morgan fingerprint density at radius 2 is 1.90 bits per heavy atom. The monoisotopic (exact) mass is 269 g/mol. The first-order chi connectivity index (χ1) is 9.70. The third kappa shape index (κ3) is 2.09. The van der Waals surface area contributed by atoms with Gasteiger partial charge in [0.2, 0.25) is 0 Å². The summed E-state index contributed by atoms with van der Waals surface area (Å²) >= 11 is 0. The minimum Gasteiger partial charge on any atom is -0.320 e. The van der Waals surface area contributed by atoms with Crippen LogP contribution in [0.4, 0.5) is 0 Å². The minimum atomic E-state index is 0.715. The van der Waals surface area contributed by atoms with E-state index < -0.39 is 0 Å². The molecule has 0 amide bonds. The van der Waals surface area contributed by atoms with E-state index in [0.29, 0.717) is 6.54 Å². The predicted molar refractivity (Wildman–Crippen MR) is 78.6 cm³/mol. The lowest BCUT2D eigenvalue weighted by atomic mass is 10.3. The van der Waals surface area contributed by atoms with Crippen molar-refractivity contribution in [3.05, 3.63) is 41.7 Å². The van der Waals surface area contributed by atoms with Crippen LogP contribution in [-0.4, -0.2) is 24.3 Å². The second-order valence-electron chi connectivity index (χ2n) is 5.08. The zero-order valence-electron chi connectivity index (χ0n) is 12.2. The van der Waals surface area contributed by atoms with Crippen molar-refractivity contribution in [2.45, 2.75) is 33.2 Å². The molecule has 0 aliphatic rings. The molecule has 0 atom stereocenters. The summed E-state index contributed by atoms with van der Waals surface area (Å²) < 4.78 is 4.28. The number of nitrogens with zero attached hydrogens (tertiary/aromatic N) is 5. The molecule has 0 fully saturated rings. The molecule has 0 radical (unpaired) electrons. The largest absolute Gasteiger partial charge is 0.320 e. The van der Waals surface area contributed by atoms with E-state index in [2.05, 4.69) is 39.9 Å². The van der Waals surface area contributed by atoms with E-state index in [1.807, 2.05) is 24.6 Å². The summed E-state index contributed by atoms with van der Waals surface area (Å²) in [4.78, 5) is 4.74. The molecule has 0 spiro atoms. The Morgan fingerprint density at radius 1 is 1.10 bits per heavy atom. The van der Waals surface area contributed by atoms with E-state index in [4.69, 9.17) is 4.98 Å². The van der Waals surface area contributed by atoms with Gasteiger partial charge in [-0.25, -0.2) is 4.98 Å². The topological polar surface area (TPSA) is 48.5 Å². The Labute approximate surface area is 118 Å². The lowest BCUT2D eigenvalue weighted by molar-refractivity contribution is 0.663. The van der Waals surface area contributed by atoms with Crippen LogP contribution < -0.4 is 0 Å². The van der Waals surface area contributed by atoms with Gasteiger partial charge in [-0.1, -0.05) is 19.1 Å². The summed E-state index contributed by atoms with van der Waals surface area (Å²) in [6.07, 6.45) is 2.06. The first-order valence-corrected chi connectivity index (χ1v) is 6.99. The van der Waals surface area contributed by atoms with Gasteiger partial charge in [0.05, 0.1) is 17.6 Å². The molecule has 0 N–H and O–H groups in total. The Balaban J connectivity index is 2.09. The lowest BCUT2D eigenvalue weighted by Gasteiger charge is -2.08. The SMILES string of the molecule is CCCc1nc2ccccc2n1Cc1nnc(C)n1C.